The highest BCUT2D eigenvalue weighted by Crippen LogP contribution is 2.35. The van der Waals surface area contributed by atoms with Gasteiger partial charge in [0.2, 0.25) is 5.88 Å². The van der Waals surface area contributed by atoms with E-state index in [2.05, 4.69) is 10.3 Å². The van der Waals surface area contributed by atoms with Gasteiger partial charge in [-0.15, -0.1) is 0 Å². The van der Waals surface area contributed by atoms with Gasteiger partial charge in [-0.1, -0.05) is 6.07 Å². The molecule has 1 aromatic heterocycles. The number of anilines is 1. The van der Waals surface area contributed by atoms with Crippen molar-refractivity contribution in [1.82, 2.24) is 4.98 Å². The molecule has 4 heteroatoms. The highest BCUT2D eigenvalue weighted by Gasteiger charge is 2.23. The van der Waals surface area contributed by atoms with Crippen molar-refractivity contribution in [2.24, 2.45) is 0 Å². The second kappa shape index (κ2) is 4.88. The van der Waals surface area contributed by atoms with Gasteiger partial charge < -0.3 is 10.1 Å². The summed E-state index contributed by atoms with van der Waals surface area (Å²) in [5.41, 5.74) is 3.11. The van der Waals surface area contributed by atoms with E-state index in [0.29, 0.717) is 5.88 Å². The van der Waals surface area contributed by atoms with Crippen molar-refractivity contribution in [1.29, 1.82) is 0 Å². The third kappa shape index (κ3) is 2.26. The van der Waals surface area contributed by atoms with E-state index < -0.39 is 0 Å². The maximum atomic E-state index is 13.2. The van der Waals surface area contributed by atoms with Crippen LogP contribution in [0.2, 0.25) is 0 Å². The molecule has 1 aromatic carbocycles. The molecule has 3 rings (SSSR count). The van der Waals surface area contributed by atoms with Crippen molar-refractivity contribution in [2.75, 3.05) is 12.4 Å². The van der Waals surface area contributed by atoms with Gasteiger partial charge in [0.1, 0.15) is 5.82 Å². The number of methoxy groups -OCH3 is 1. The highest BCUT2D eigenvalue weighted by atomic mass is 19.1. The molecule has 1 aliphatic rings. The summed E-state index contributed by atoms with van der Waals surface area (Å²) in [5, 5.41) is 3.43. The van der Waals surface area contributed by atoms with Gasteiger partial charge in [-0.2, -0.15) is 0 Å². The Kier molecular flexibility index (Phi) is 3.07. The lowest BCUT2D eigenvalue weighted by Gasteiger charge is -2.17. The second-order valence-electron chi connectivity index (χ2n) is 4.64. The van der Waals surface area contributed by atoms with Gasteiger partial charge in [-0.3, -0.25) is 0 Å². The molecule has 0 saturated carbocycles. The quantitative estimate of drug-likeness (QED) is 0.917. The molecule has 0 aliphatic heterocycles. The van der Waals surface area contributed by atoms with E-state index in [9.17, 15) is 4.39 Å². The Morgan fingerprint density at radius 1 is 1.37 bits per heavy atom. The summed E-state index contributed by atoms with van der Waals surface area (Å²) in [6.45, 7) is 0. The number of benzene rings is 1. The fraction of sp³-hybridized carbons (Fsp3) is 0.267. The zero-order valence-corrected chi connectivity index (χ0v) is 10.7. The summed E-state index contributed by atoms with van der Waals surface area (Å²) >= 11 is 0. The van der Waals surface area contributed by atoms with Crippen LogP contribution in [0.3, 0.4) is 0 Å². The normalized spacial score (nSPS) is 17.1. The number of halogens is 1. The molecule has 19 heavy (non-hydrogen) atoms. The van der Waals surface area contributed by atoms with Crippen molar-refractivity contribution in [3.05, 3.63) is 53.5 Å². The number of pyridine rings is 1. The van der Waals surface area contributed by atoms with Crippen molar-refractivity contribution < 1.29 is 9.13 Å². The van der Waals surface area contributed by atoms with Gasteiger partial charge in [-0.25, -0.2) is 9.37 Å². The average Bonchev–Trinajstić information content (AvgIpc) is 2.82. The molecule has 0 spiro atoms. The van der Waals surface area contributed by atoms with Gasteiger partial charge in [0.15, 0.2) is 0 Å². The molecular weight excluding hydrogens is 243 g/mol. The lowest BCUT2D eigenvalue weighted by Crippen LogP contribution is -2.08. The van der Waals surface area contributed by atoms with Crippen LogP contribution in [0, 0.1) is 5.82 Å². The molecule has 1 N–H and O–H groups in total. The maximum absolute atomic E-state index is 13.2. The van der Waals surface area contributed by atoms with Crippen molar-refractivity contribution in [3.63, 3.8) is 0 Å². The SMILES string of the molecule is COc1ncccc1NC1CCc2cc(F)ccc21. The summed E-state index contributed by atoms with van der Waals surface area (Å²) in [4.78, 5) is 4.16. The first-order valence-electron chi connectivity index (χ1n) is 6.32. The summed E-state index contributed by atoms with van der Waals surface area (Å²) in [6.07, 6.45) is 3.55. The summed E-state index contributed by atoms with van der Waals surface area (Å²) in [5.74, 6) is 0.413. The molecule has 1 unspecified atom stereocenters. The van der Waals surface area contributed by atoms with Gasteiger partial charge in [-0.05, 0) is 48.2 Å². The Bertz CT molecular complexity index is 600. The average molecular weight is 258 g/mol. The summed E-state index contributed by atoms with van der Waals surface area (Å²) < 4.78 is 18.4. The van der Waals surface area contributed by atoms with Crippen LogP contribution in [-0.4, -0.2) is 12.1 Å². The van der Waals surface area contributed by atoms with Gasteiger partial charge in [0.25, 0.3) is 0 Å². The number of hydrogen-bond donors (Lipinski definition) is 1. The number of rotatable bonds is 3. The van der Waals surface area contributed by atoms with Gasteiger partial charge >= 0.3 is 0 Å². The number of nitrogens with zero attached hydrogens (tertiary/aromatic N) is 1. The Morgan fingerprint density at radius 3 is 3.11 bits per heavy atom. The first-order chi connectivity index (χ1) is 9.28. The predicted octanol–water partition coefficient (Wildman–Crippen LogP) is 3.33. The largest absolute Gasteiger partial charge is 0.480 e. The van der Waals surface area contributed by atoms with Crippen LogP contribution in [0.5, 0.6) is 5.88 Å². The number of hydrogen-bond acceptors (Lipinski definition) is 3. The Hall–Kier alpha value is -2.10. The zero-order chi connectivity index (χ0) is 13.2. The molecule has 98 valence electrons. The second-order valence-corrected chi connectivity index (χ2v) is 4.64. The third-order valence-electron chi connectivity index (χ3n) is 3.48. The monoisotopic (exact) mass is 258 g/mol. The van der Waals surface area contributed by atoms with Crippen LogP contribution in [0.1, 0.15) is 23.6 Å². The van der Waals surface area contributed by atoms with E-state index >= 15 is 0 Å². The molecule has 1 aliphatic carbocycles. The first kappa shape index (κ1) is 12.0. The minimum absolute atomic E-state index is 0.168. The fourth-order valence-corrected chi connectivity index (χ4v) is 2.59. The maximum Gasteiger partial charge on any atom is 0.237 e. The van der Waals surface area contributed by atoms with E-state index in [1.54, 1.807) is 19.4 Å². The Morgan fingerprint density at radius 2 is 2.26 bits per heavy atom. The van der Waals surface area contributed by atoms with Gasteiger partial charge in [0, 0.05) is 6.20 Å². The molecule has 0 fully saturated rings. The smallest absolute Gasteiger partial charge is 0.237 e. The number of fused-ring (bicyclic) bond motifs is 1. The molecule has 1 atom stereocenters. The highest BCUT2D eigenvalue weighted by molar-refractivity contribution is 5.54. The van der Waals surface area contributed by atoms with Crippen LogP contribution < -0.4 is 10.1 Å². The predicted molar refractivity (Wildman–Crippen MR) is 71.9 cm³/mol. The summed E-state index contributed by atoms with van der Waals surface area (Å²) in [6, 6.07) is 8.99. The summed E-state index contributed by atoms with van der Waals surface area (Å²) in [7, 11) is 1.60. The van der Waals surface area contributed by atoms with Crippen LogP contribution in [0.4, 0.5) is 10.1 Å². The standard InChI is InChI=1S/C15H15FN2O/c1-19-15-14(3-2-8-17-15)18-13-7-4-10-9-11(16)5-6-12(10)13/h2-3,5-6,8-9,13,18H,4,7H2,1H3. The first-order valence-corrected chi connectivity index (χ1v) is 6.32. The molecule has 3 nitrogen and oxygen atoms in total. The number of aromatic nitrogens is 1. The Labute approximate surface area is 111 Å². The molecule has 0 radical (unpaired) electrons. The van der Waals surface area contributed by atoms with E-state index in [1.165, 1.54) is 6.07 Å². The lowest BCUT2D eigenvalue weighted by molar-refractivity contribution is 0.399. The lowest BCUT2D eigenvalue weighted by atomic mass is 10.1. The van der Waals surface area contributed by atoms with Crippen molar-refractivity contribution in [2.45, 2.75) is 18.9 Å². The third-order valence-corrected chi connectivity index (χ3v) is 3.48. The van der Waals surface area contributed by atoms with E-state index in [0.717, 1.165) is 29.7 Å². The van der Waals surface area contributed by atoms with E-state index in [1.807, 2.05) is 18.2 Å². The molecule has 2 aromatic rings. The van der Waals surface area contributed by atoms with Crippen LogP contribution in [0.25, 0.3) is 0 Å². The van der Waals surface area contributed by atoms with Crippen LogP contribution in [-0.2, 0) is 6.42 Å². The number of nitrogens with one attached hydrogen (secondary N) is 1. The zero-order valence-electron chi connectivity index (χ0n) is 10.7. The van der Waals surface area contributed by atoms with E-state index in [4.69, 9.17) is 4.74 Å². The van der Waals surface area contributed by atoms with Crippen LogP contribution >= 0.6 is 0 Å². The van der Waals surface area contributed by atoms with Crippen molar-refractivity contribution in [3.8, 4) is 5.88 Å². The Balaban J connectivity index is 1.87. The minimum Gasteiger partial charge on any atom is -0.480 e. The number of ether oxygens (including phenoxy) is 1. The molecule has 0 saturated heterocycles. The van der Waals surface area contributed by atoms with Crippen molar-refractivity contribution >= 4 is 5.69 Å². The molecule has 1 heterocycles. The molecule has 0 amide bonds. The van der Waals surface area contributed by atoms with Crippen LogP contribution in [0.15, 0.2) is 36.5 Å². The minimum atomic E-state index is -0.168. The van der Waals surface area contributed by atoms with E-state index in [-0.39, 0.29) is 11.9 Å². The molecular formula is C15H15FN2O. The topological polar surface area (TPSA) is 34.1 Å². The number of aryl methyl sites for hydroxylation is 1. The van der Waals surface area contributed by atoms with Gasteiger partial charge in [0.05, 0.1) is 18.8 Å². The fourth-order valence-electron chi connectivity index (χ4n) is 2.59. The molecule has 0 bridgehead atoms.